The lowest BCUT2D eigenvalue weighted by Crippen LogP contribution is -2.44. The van der Waals surface area contributed by atoms with Crippen molar-refractivity contribution in [2.24, 2.45) is 0 Å². The number of phenolic OH excluding ortho intramolecular Hbond substituents is 1. The molecule has 1 aromatic rings. The standard InChI is InChI=1S/C15H24N2O2/c1-16(2)13-5-4-8-17(11-13)10-12-6-7-15(19-3)14(18)9-12/h6-7,9,13,18H,4-5,8,10-11H2,1-3H3. The number of aromatic hydroxyl groups is 1. The van der Waals surface area contributed by atoms with Gasteiger partial charge in [-0.15, -0.1) is 0 Å². The molecule has 1 fully saturated rings. The van der Waals surface area contributed by atoms with E-state index in [0.29, 0.717) is 11.8 Å². The lowest BCUT2D eigenvalue weighted by atomic mass is 10.0. The number of methoxy groups -OCH3 is 1. The summed E-state index contributed by atoms with van der Waals surface area (Å²) >= 11 is 0. The Morgan fingerprint density at radius 2 is 2.21 bits per heavy atom. The molecule has 1 aliphatic rings. The minimum Gasteiger partial charge on any atom is -0.504 e. The van der Waals surface area contributed by atoms with Gasteiger partial charge in [0.1, 0.15) is 0 Å². The minimum atomic E-state index is 0.223. The van der Waals surface area contributed by atoms with E-state index in [0.717, 1.165) is 25.2 Å². The predicted octanol–water partition coefficient (Wildman–Crippen LogP) is 1.93. The highest BCUT2D eigenvalue weighted by atomic mass is 16.5. The Morgan fingerprint density at radius 1 is 1.42 bits per heavy atom. The van der Waals surface area contributed by atoms with E-state index in [2.05, 4.69) is 23.9 Å². The molecule has 1 saturated heterocycles. The second-order valence-corrected chi connectivity index (χ2v) is 5.50. The lowest BCUT2D eigenvalue weighted by molar-refractivity contribution is 0.128. The van der Waals surface area contributed by atoms with Gasteiger partial charge in [0.15, 0.2) is 11.5 Å². The number of hydrogen-bond acceptors (Lipinski definition) is 4. The Morgan fingerprint density at radius 3 is 2.84 bits per heavy atom. The summed E-state index contributed by atoms with van der Waals surface area (Å²) in [5.41, 5.74) is 1.14. The fourth-order valence-electron chi connectivity index (χ4n) is 2.69. The van der Waals surface area contributed by atoms with Gasteiger partial charge in [-0.25, -0.2) is 0 Å². The molecule has 0 saturated carbocycles. The monoisotopic (exact) mass is 264 g/mol. The number of phenols is 1. The van der Waals surface area contributed by atoms with E-state index in [-0.39, 0.29) is 5.75 Å². The highest BCUT2D eigenvalue weighted by Gasteiger charge is 2.21. The average molecular weight is 264 g/mol. The zero-order chi connectivity index (χ0) is 13.8. The molecule has 19 heavy (non-hydrogen) atoms. The van der Waals surface area contributed by atoms with Crippen LogP contribution in [-0.4, -0.2) is 55.2 Å². The molecular weight excluding hydrogens is 240 g/mol. The molecule has 0 aliphatic carbocycles. The number of rotatable bonds is 4. The van der Waals surface area contributed by atoms with Gasteiger partial charge in [-0.05, 0) is 51.2 Å². The van der Waals surface area contributed by atoms with Crippen LogP contribution in [0.5, 0.6) is 11.5 Å². The third-order valence-corrected chi connectivity index (χ3v) is 3.86. The zero-order valence-corrected chi connectivity index (χ0v) is 12.1. The van der Waals surface area contributed by atoms with Crippen molar-refractivity contribution < 1.29 is 9.84 Å². The summed E-state index contributed by atoms with van der Waals surface area (Å²) in [6.07, 6.45) is 2.52. The van der Waals surface area contributed by atoms with Gasteiger partial charge < -0.3 is 14.7 Å². The molecular formula is C15H24N2O2. The van der Waals surface area contributed by atoms with E-state index in [1.54, 1.807) is 13.2 Å². The summed E-state index contributed by atoms with van der Waals surface area (Å²) in [6.45, 7) is 3.12. The summed E-state index contributed by atoms with van der Waals surface area (Å²) in [7, 11) is 5.86. The Labute approximate surface area is 115 Å². The Balaban J connectivity index is 1.98. The van der Waals surface area contributed by atoms with E-state index < -0.39 is 0 Å². The highest BCUT2D eigenvalue weighted by Crippen LogP contribution is 2.27. The SMILES string of the molecule is COc1ccc(CN2CCCC(N(C)C)C2)cc1O. The maximum atomic E-state index is 9.81. The maximum absolute atomic E-state index is 9.81. The molecule has 1 aromatic carbocycles. The van der Waals surface area contributed by atoms with Crippen molar-refractivity contribution in [2.75, 3.05) is 34.3 Å². The van der Waals surface area contributed by atoms with Crippen molar-refractivity contribution in [1.82, 2.24) is 9.80 Å². The van der Waals surface area contributed by atoms with E-state index in [9.17, 15) is 5.11 Å². The van der Waals surface area contributed by atoms with Crippen LogP contribution in [-0.2, 0) is 6.54 Å². The number of likely N-dealkylation sites (tertiary alicyclic amines) is 1. The lowest BCUT2D eigenvalue weighted by Gasteiger charge is -2.36. The molecule has 0 radical (unpaired) electrons. The summed E-state index contributed by atoms with van der Waals surface area (Å²) in [5, 5.41) is 9.81. The number of benzene rings is 1. The number of likely N-dealkylation sites (N-methyl/N-ethyl adjacent to an activating group) is 1. The van der Waals surface area contributed by atoms with Gasteiger partial charge in [-0.3, -0.25) is 4.90 Å². The highest BCUT2D eigenvalue weighted by molar-refractivity contribution is 5.41. The molecule has 4 nitrogen and oxygen atoms in total. The fourth-order valence-corrected chi connectivity index (χ4v) is 2.69. The number of hydrogen-bond donors (Lipinski definition) is 1. The van der Waals surface area contributed by atoms with Crippen molar-refractivity contribution in [3.63, 3.8) is 0 Å². The summed E-state index contributed by atoms with van der Waals surface area (Å²) in [6, 6.07) is 6.30. The van der Waals surface area contributed by atoms with Gasteiger partial charge in [0.05, 0.1) is 7.11 Å². The molecule has 106 valence electrons. The second kappa shape index (κ2) is 6.26. The summed E-state index contributed by atoms with van der Waals surface area (Å²) < 4.78 is 5.07. The first-order valence-electron chi connectivity index (χ1n) is 6.85. The largest absolute Gasteiger partial charge is 0.504 e. The molecule has 0 amide bonds. The average Bonchev–Trinajstić information content (AvgIpc) is 2.39. The van der Waals surface area contributed by atoms with Gasteiger partial charge in [-0.1, -0.05) is 6.07 Å². The number of piperidine rings is 1. The van der Waals surface area contributed by atoms with Crippen LogP contribution in [0.1, 0.15) is 18.4 Å². The molecule has 4 heteroatoms. The first kappa shape index (κ1) is 14.2. The molecule has 1 heterocycles. The maximum Gasteiger partial charge on any atom is 0.160 e. The van der Waals surface area contributed by atoms with Crippen LogP contribution >= 0.6 is 0 Å². The normalized spacial score (nSPS) is 20.7. The Bertz CT molecular complexity index is 421. The molecule has 1 N–H and O–H groups in total. The van der Waals surface area contributed by atoms with Crippen LogP contribution in [0.2, 0.25) is 0 Å². The minimum absolute atomic E-state index is 0.223. The predicted molar refractivity (Wildman–Crippen MR) is 76.6 cm³/mol. The molecule has 1 unspecified atom stereocenters. The first-order valence-corrected chi connectivity index (χ1v) is 6.85. The van der Waals surface area contributed by atoms with Crippen molar-refractivity contribution in [3.8, 4) is 11.5 Å². The topological polar surface area (TPSA) is 35.9 Å². The smallest absolute Gasteiger partial charge is 0.160 e. The first-order chi connectivity index (χ1) is 9.10. The van der Waals surface area contributed by atoms with E-state index in [4.69, 9.17) is 4.74 Å². The second-order valence-electron chi connectivity index (χ2n) is 5.50. The third-order valence-electron chi connectivity index (χ3n) is 3.86. The van der Waals surface area contributed by atoms with Gasteiger partial charge in [0.25, 0.3) is 0 Å². The van der Waals surface area contributed by atoms with Crippen LogP contribution in [0, 0.1) is 0 Å². The Kier molecular flexibility index (Phi) is 4.66. The van der Waals surface area contributed by atoms with Crippen LogP contribution in [0.3, 0.4) is 0 Å². The van der Waals surface area contributed by atoms with Gasteiger partial charge >= 0.3 is 0 Å². The Hall–Kier alpha value is -1.26. The molecule has 0 spiro atoms. The number of nitrogens with zero attached hydrogens (tertiary/aromatic N) is 2. The fraction of sp³-hybridized carbons (Fsp3) is 0.600. The van der Waals surface area contributed by atoms with Gasteiger partial charge in [-0.2, -0.15) is 0 Å². The zero-order valence-electron chi connectivity index (χ0n) is 12.1. The van der Waals surface area contributed by atoms with Gasteiger partial charge in [0, 0.05) is 19.1 Å². The third kappa shape index (κ3) is 3.61. The van der Waals surface area contributed by atoms with E-state index in [1.165, 1.54) is 12.8 Å². The molecule has 0 bridgehead atoms. The molecule has 2 rings (SSSR count). The van der Waals surface area contributed by atoms with Crippen molar-refractivity contribution >= 4 is 0 Å². The molecule has 1 aliphatic heterocycles. The quantitative estimate of drug-likeness (QED) is 0.901. The number of ether oxygens (including phenoxy) is 1. The van der Waals surface area contributed by atoms with Crippen molar-refractivity contribution in [1.29, 1.82) is 0 Å². The van der Waals surface area contributed by atoms with Crippen LogP contribution in [0.15, 0.2) is 18.2 Å². The molecule has 1 atom stereocenters. The van der Waals surface area contributed by atoms with Crippen molar-refractivity contribution in [3.05, 3.63) is 23.8 Å². The van der Waals surface area contributed by atoms with E-state index >= 15 is 0 Å². The molecule has 0 aromatic heterocycles. The van der Waals surface area contributed by atoms with Crippen LogP contribution in [0.4, 0.5) is 0 Å². The van der Waals surface area contributed by atoms with Crippen LogP contribution in [0.25, 0.3) is 0 Å². The van der Waals surface area contributed by atoms with Gasteiger partial charge in [0.2, 0.25) is 0 Å². The van der Waals surface area contributed by atoms with Crippen LogP contribution < -0.4 is 4.74 Å². The van der Waals surface area contributed by atoms with E-state index in [1.807, 2.05) is 12.1 Å². The summed E-state index contributed by atoms with van der Waals surface area (Å²) in [5.74, 6) is 0.759. The summed E-state index contributed by atoms with van der Waals surface area (Å²) in [4.78, 5) is 4.76. The van der Waals surface area contributed by atoms with Crippen molar-refractivity contribution in [2.45, 2.75) is 25.4 Å².